The fourth-order valence-corrected chi connectivity index (χ4v) is 3.02. The Morgan fingerprint density at radius 3 is 2.72 bits per heavy atom. The van der Waals surface area contributed by atoms with Gasteiger partial charge in [0.1, 0.15) is 18.2 Å². The van der Waals surface area contributed by atoms with E-state index in [2.05, 4.69) is 5.32 Å². The summed E-state index contributed by atoms with van der Waals surface area (Å²) in [7, 11) is 0. The number of halogens is 1. The van der Waals surface area contributed by atoms with Gasteiger partial charge >= 0.3 is 0 Å². The Kier molecular flexibility index (Phi) is 6.85. The Bertz CT molecular complexity index is 962. The van der Waals surface area contributed by atoms with Crippen molar-refractivity contribution < 1.29 is 13.9 Å². The van der Waals surface area contributed by atoms with Gasteiger partial charge < -0.3 is 15.8 Å². The smallest absolute Gasteiger partial charge is 0.253 e. The molecule has 4 nitrogen and oxygen atoms in total. The Balaban J connectivity index is 1.58. The first kappa shape index (κ1) is 20.4. The minimum Gasteiger partial charge on any atom is -0.489 e. The summed E-state index contributed by atoms with van der Waals surface area (Å²) in [5, 5.41) is 2.75. The van der Waals surface area contributed by atoms with E-state index in [1.807, 2.05) is 49.4 Å². The van der Waals surface area contributed by atoms with E-state index in [1.54, 1.807) is 18.2 Å². The number of carbonyl (C=O) groups is 1. The summed E-state index contributed by atoms with van der Waals surface area (Å²) >= 11 is 0. The molecule has 0 spiro atoms. The van der Waals surface area contributed by atoms with Crippen LogP contribution in [0.15, 0.2) is 83.6 Å². The van der Waals surface area contributed by atoms with E-state index >= 15 is 0 Å². The van der Waals surface area contributed by atoms with Crippen molar-refractivity contribution in [3.05, 3.63) is 101 Å². The molecule has 0 aromatic heterocycles. The highest BCUT2D eigenvalue weighted by atomic mass is 19.1. The number of nitrogens with one attached hydrogen (secondary N) is 1. The Labute approximate surface area is 170 Å². The number of allylic oxidation sites excluding steroid dienone is 3. The van der Waals surface area contributed by atoms with Gasteiger partial charge in [-0.25, -0.2) is 4.39 Å². The fraction of sp³-hybridized carbons (Fsp3) is 0.208. The van der Waals surface area contributed by atoms with Crippen molar-refractivity contribution in [3.8, 4) is 5.75 Å². The topological polar surface area (TPSA) is 64.3 Å². The van der Waals surface area contributed by atoms with Gasteiger partial charge in [0.2, 0.25) is 0 Å². The van der Waals surface area contributed by atoms with Crippen molar-refractivity contribution >= 4 is 5.91 Å². The number of hydrogen-bond acceptors (Lipinski definition) is 3. The van der Waals surface area contributed by atoms with E-state index in [0.29, 0.717) is 35.6 Å². The first-order chi connectivity index (χ1) is 14.1. The quantitative estimate of drug-likeness (QED) is 0.728. The van der Waals surface area contributed by atoms with Gasteiger partial charge in [0.15, 0.2) is 0 Å². The van der Waals surface area contributed by atoms with Gasteiger partial charge in [0, 0.05) is 30.3 Å². The van der Waals surface area contributed by atoms with Crippen molar-refractivity contribution in [3.63, 3.8) is 0 Å². The van der Waals surface area contributed by atoms with E-state index in [1.165, 1.54) is 11.6 Å². The largest absolute Gasteiger partial charge is 0.489 e. The van der Waals surface area contributed by atoms with Gasteiger partial charge in [-0.15, -0.1) is 0 Å². The van der Waals surface area contributed by atoms with E-state index in [4.69, 9.17) is 10.5 Å². The van der Waals surface area contributed by atoms with Gasteiger partial charge in [-0.2, -0.15) is 0 Å². The maximum atomic E-state index is 14.4. The standard InChI is InChI=1S/C24H25FN2O2/c1-2-17-9-6-10-21(23(26)13-17)24(28)27-15-19-11-12-20(14-22(19)25)29-16-18-7-4-3-5-8-18/h3-12,14H,2,13,15-16,26H2,1H3,(H,27,28). The summed E-state index contributed by atoms with van der Waals surface area (Å²) in [4.78, 5) is 12.5. The van der Waals surface area contributed by atoms with E-state index in [-0.39, 0.29) is 12.5 Å². The van der Waals surface area contributed by atoms with Crippen LogP contribution in [0.5, 0.6) is 5.75 Å². The lowest BCUT2D eigenvalue weighted by molar-refractivity contribution is -0.117. The average molecular weight is 392 g/mol. The third kappa shape index (κ3) is 5.57. The SMILES string of the molecule is CCC1=CC=CC(C(=O)NCc2ccc(OCc3ccccc3)cc2F)=C(N)C1. The molecule has 3 N–H and O–H groups in total. The van der Waals surface area contributed by atoms with Gasteiger partial charge in [-0.1, -0.05) is 61.0 Å². The number of nitrogens with two attached hydrogens (primary N) is 1. The molecule has 1 amide bonds. The Hall–Kier alpha value is -3.34. The number of benzene rings is 2. The maximum absolute atomic E-state index is 14.4. The number of amides is 1. The minimum absolute atomic E-state index is 0.0717. The van der Waals surface area contributed by atoms with Crippen molar-refractivity contribution in [2.75, 3.05) is 0 Å². The predicted molar refractivity (Wildman–Crippen MR) is 112 cm³/mol. The Morgan fingerprint density at radius 2 is 2.00 bits per heavy atom. The van der Waals surface area contributed by atoms with Gasteiger partial charge in [-0.3, -0.25) is 4.79 Å². The normalized spacial score (nSPS) is 13.7. The molecule has 3 rings (SSSR count). The lowest BCUT2D eigenvalue weighted by Crippen LogP contribution is -2.26. The molecule has 0 saturated carbocycles. The molecule has 1 aliphatic carbocycles. The van der Waals surface area contributed by atoms with Crippen molar-refractivity contribution in [2.24, 2.45) is 5.73 Å². The van der Waals surface area contributed by atoms with Gasteiger partial charge in [0.25, 0.3) is 5.91 Å². The first-order valence-electron chi connectivity index (χ1n) is 9.65. The number of rotatable bonds is 7. The number of ether oxygens (including phenoxy) is 1. The third-order valence-corrected chi connectivity index (χ3v) is 4.77. The molecule has 0 atom stereocenters. The van der Waals surface area contributed by atoms with E-state index < -0.39 is 5.82 Å². The molecule has 1 aliphatic rings. The van der Waals surface area contributed by atoms with Crippen molar-refractivity contribution in [1.82, 2.24) is 5.32 Å². The number of hydrogen-bond donors (Lipinski definition) is 2. The van der Waals surface area contributed by atoms with Crippen LogP contribution >= 0.6 is 0 Å². The zero-order valence-corrected chi connectivity index (χ0v) is 16.5. The summed E-state index contributed by atoms with van der Waals surface area (Å²) < 4.78 is 20.0. The molecule has 0 heterocycles. The summed E-state index contributed by atoms with van der Waals surface area (Å²) in [6.07, 6.45) is 6.94. The second-order valence-electron chi connectivity index (χ2n) is 6.86. The molecule has 0 saturated heterocycles. The summed E-state index contributed by atoms with van der Waals surface area (Å²) in [5.41, 5.74) is 9.58. The van der Waals surface area contributed by atoms with Crippen molar-refractivity contribution in [2.45, 2.75) is 32.9 Å². The third-order valence-electron chi connectivity index (χ3n) is 4.77. The minimum atomic E-state index is -0.427. The molecule has 2 aromatic rings. The van der Waals surface area contributed by atoms with Gasteiger partial charge in [0.05, 0.1) is 5.57 Å². The van der Waals surface area contributed by atoms with Crippen LogP contribution in [0.3, 0.4) is 0 Å². The molecular formula is C24H25FN2O2. The molecule has 0 bridgehead atoms. The summed E-state index contributed by atoms with van der Waals surface area (Å²) in [6, 6.07) is 14.3. The highest BCUT2D eigenvalue weighted by Gasteiger charge is 2.14. The maximum Gasteiger partial charge on any atom is 0.253 e. The summed E-state index contributed by atoms with van der Waals surface area (Å²) in [6.45, 7) is 2.49. The lowest BCUT2D eigenvalue weighted by atomic mass is 10.1. The number of carbonyl (C=O) groups excluding carboxylic acids is 1. The molecule has 2 aromatic carbocycles. The average Bonchev–Trinajstić information content (AvgIpc) is 2.93. The molecular weight excluding hydrogens is 367 g/mol. The lowest BCUT2D eigenvalue weighted by Gasteiger charge is -2.11. The van der Waals surface area contributed by atoms with Crippen LogP contribution in [-0.4, -0.2) is 5.91 Å². The zero-order chi connectivity index (χ0) is 20.6. The van der Waals surface area contributed by atoms with E-state index in [0.717, 1.165) is 12.0 Å². The first-order valence-corrected chi connectivity index (χ1v) is 9.65. The van der Waals surface area contributed by atoms with E-state index in [9.17, 15) is 9.18 Å². The molecule has 0 unspecified atom stereocenters. The molecule has 29 heavy (non-hydrogen) atoms. The zero-order valence-electron chi connectivity index (χ0n) is 16.5. The van der Waals surface area contributed by atoms with Gasteiger partial charge in [-0.05, 0) is 24.1 Å². The van der Waals surface area contributed by atoms with Crippen LogP contribution in [-0.2, 0) is 17.9 Å². The fourth-order valence-electron chi connectivity index (χ4n) is 3.02. The Morgan fingerprint density at radius 1 is 1.21 bits per heavy atom. The van der Waals surface area contributed by atoms with Crippen LogP contribution < -0.4 is 15.8 Å². The molecule has 5 heteroatoms. The monoisotopic (exact) mass is 392 g/mol. The van der Waals surface area contributed by atoms with Crippen LogP contribution in [0.1, 0.15) is 30.9 Å². The van der Waals surface area contributed by atoms with Crippen LogP contribution in [0, 0.1) is 5.82 Å². The highest BCUT2D eigenvalue weighted by Crippen LogP contribution is 2.20. The molecule has 0 fully saturated rings. The van der Waals surface area contributed by atoms with Crippen molar-refractivity contribution in [1.29, 1.82) is 0 Å². The highest BCUT2D eigenvalue weighted by molar-refractivity contribution is 5.97. The molecule has 0 radical (unpaired) electrons. The molecule has 0 aliphatic heterocycles. The van der Waals surface area contributed by atoms with Crippen LogP contribution in [0.25, 0.3) is 0 Å². The predicted octanol–water partition coefficient (Wildman–Crippen LogP) is 4.53. The second-order valence-corrected chi connectivity index (χ2v) is 6.86. The molecule has 150 valence electrons. The summed E-state index contributed by atoms with van der Waals surface area (Å²) in [5.74, 6) is -0.296. The van der Waals surface area contributed by atoms with Crippen LogP contribution in [0.4, 0.5) is 4.39 Å². The second kappa shape index (κ2) is 9.73. The van der Waals surface area contributed by atoms with Crippen LogP contribution in [0.2, 0.25) is 0 Å².